The fourth-order valence-corrected chi connectivity index (χ4v) is 1.84. The zero-order valence-corrected chi connectivity index (χ0v) is 10.9. The highest BCUT2D eigenvalue weighted by Gasteiger charge is 2.10. The van der Waals surface area contributed by atoms with Crippen molar-refractivity contribution in [3.05, 3.63) is 34.8 Å². The van der Waals surface area contributed by atoms with Gasteiger partial charge in [-0.05, 0) is 18.6 Å². The molecule has 0 saturated heterocycles. The zero-order chi connectivity index (χ0) is 14.4. The van der Waals surface area contributed by atoms with E-state index in [2.05, 4.69) is 0 Å². The fraction of sp³-hybridized carbons (Fsp3) is 0.357. The molecule has 0 bridgehead atoms. The van der Waals surface area contributed by atoms with Crippen LogP contribution in [-0.4, -0.2) is 17.1 Å². The average molecular weight is 274 g/mol. The maximum absolute atomic E-state index is 11.7. The lowest BCUT2D eigenvalue weighted by Crippen LogP contribution is -2.17. The van der Waals surface area contributed by atoms with Crippen LogP contribution in [0.5, 0.6) is 0 Å². The van der Waals surface area contributed by atoms with Gasteiger partial charge in [0.15, 0.2) is 5.58 Å². The van der Waals surface area contributed by atoms with Crippen LogP contribution in [0, 0.1) is 11.3 Å². The molecule has 0 saturated carbocycles. The second-order valence-corrected chi connectivity index (χ2v) is 4.22. The van der Waals surface area contributed by atoms with E-state index < -0.39 is 5.76 Å². The predicted molar refractivity (Wildman–Crippen MR) is 70.9 cm³/mol. The molecule has 0 aliphatic carbocycles. The van der Waals surface area contributed by atoms with E-state index in [1.807, 2.05) is 6.07 Å². The number of rotatable bonds is 6. The molecule has 1 heterocycles. The van der Waals surface area contributed by atoms with Crippen LogP contribution in [0.3, 0.4) is 0 Å². The lowest BCUT2D eigenvalue weighted by Gasteiger charge is -2.04. The number of carbonyl (C=O) groups is 1. The van der Waals surface area contributed by atoms with Crippen molar-refractivity contribution in [2.24, 2.45) is 0 Å². The molecule has 6 nitrogen and oxygen atoms in total. The summed E-state index contributed by atoms with van der Waals surface area (Å²) < 4.78 is 11.4. The minimum atomic E-state index is -0.483. The van der Waals surface area contributed by atoms with Crippen molar-refractivity contribution >= 4 is 17.1 Å². The Hall–Kier alpha value is -2.55. The van der Waals surface area contributed by atoms with Gasteiger partial charge in [0.1, 0.15) is 0 Å². The monoisotopic (exact) mass is 274 g/mol. The summed E-state index contributed by atoms with van der Waals surface area (Å²) in [6.07, 6.45) is 0.978. The topological polar surface area (TPSA) is 85.2 Å². The molecule has 2 rings (SSSR count). The van der Waals surface area contributed by atoms with Gasteiger partial charge in [-0.25, -0.2) is 4.79 Å². The Bertz CT molecular complexity index is 693. The first kappa shape index (κ1) is 13.9. The van der Waals surface area contributed by atoms with E-state index in [4.69, 9.17) is 14.4 Å². The molecule has 1 aromatic heterocycles. The number of nitrogens with zero attached hydrogens (tertiary/aromatic N) is 2. The number of nitriles is 1. The molecule has 0 spiro atoms. The van der Waals surface area contributed by atoms with E-state index in [0.29, 0.717) is 23.9 Å². The third kappa shape index (κ3) is 3.26. The summed E-state index contributed by atoms with van der Waals surface area (Å²) >= 11 is 0. The van der Waals surface area contributed by atoms with E-state index in [-0.39, 0.29) is 25.5 Å². The van der Waals surface area contributed by atoms with Gasteiger partial charge in [0.2, 0.25) is 0 Å². The van der Waals surface area contributed by atoms with Gasteiger partial charge in [-0.3, -0.25) is 9.36 Å². The highest BCUT2D eigenvalue weighted by molar-refractivity contribution is 5.73. The Labute approximate surface area is 115 Å². The molecule has 0 unspecified atom stereocenters. The van der Waals surface area contributed by atoms with Crippen LogP contribution in [-0.2, 0) is 16.1 Å². The summed E-state index contributed by atoms with van der Waals surface area (Å²) in [5.74, 6) is -0.872. The van der Waals surface area contributed by atoms with E-state index in [9.17, 15) is 9.59 Å². The quantitative estimate of drug-likeness (QED) is 0.592. The number of hydrogen-bond donors (Lipinski definition) is 0. The lowest BCUT2D eigenvalue weighted by atomic mass is 10.3. The van der Waals surface area contributed by atoms with Crippen LogP contribution in [0.4, 0.5) is 0 Å². The van der Waals surface area contributed by atoms with Gasteiger partial charge in [0.25, 0.3) is 0 Å². The van der Waals surface area contributed by atoms with Crippen molar-refractivity contribution < 1.29 is 13.9 Å². The van der Waals surface area contributed by atoms with Crippen molar-refractivity contribution in [2.75, 3.05) is 6.61 Å². The maximum atomic E-state index is 11.7. The van der Waals surface area contributed by atoms with Crippen molar-refractivity contribution in [3.8, 4) is 6.07 Å². The van der Waals surface area contributed by atoms with Crippen LogP contribution < -0.4 is 5.76 Å². The van der Waals surface area contributed by atoms with Gasteiger partial charge in [-0.2, -0.15) is 5.26 Å². The van der Waals surface area contributed by atoms with Gasteiger partial charge in [-0.1, -0.05) is 12.1 Å². The number of benzene rings is 1. The molecular weight excluding hydrogens is 260 g/mol. The molecular formula is C14H14N2O4. The van der Waals surface area contributed by atoms with Crippen LogP contribution in [0.15, 0.2) is 33.5 Å². The number of unbranched alkanes of at least 4 members (excludes halogenated alkanes) is 1. The Morgan fingerprint density at radius 1 is 1.40 bits per heavy atom. The summed E-state index contributed by atoms with van der Waals surface area (Å²) in [4.78, 5) is 23.2. The summed E-state index contributed by atoms with van der Waals surface area (Å²) in [5, 5.41) is 8.35. The van der Waals surface area contributed by atoms with Crippen LogP contribution in [0.2, 0.25) is 0 Å². The van der Waals surface area contributed by atoms with Gasteiger partial charge >= 0.3 is 11.7 Å². The molecule has 0 fully saturated rings. The first-order chi connectivity index (χ1) is 9.72. The number of hydrogen-bond acceptors (Lipinski definition) is 5. The van der Waals surface area contributed by atoms with Crippen molar-refractivity contribution in [3.63, 3.8) is 0 Å². The maximum Gasteiger partial charge on any atom is 0.419 e. The number of aromatic nitrogens is 1. The SMILES string of the molecule is N#CCCCOC(=O)CCn1c(=O)oc2ccccc21. The summed E-state index contributed by atoms with van der Waals surface area (Å²) in [5.41, 5.74) is 1.16. The third-order valence-corrected chi connectivity index (χ3v) is 2.81. The van der Waals surface area contributed by atoms with Crippen molar-refractivity contribution in [2.45, 2.75) is 25.8 Å². The summed E-state index contributed by atoms with van der Waals surface area (Å²) in [7, 11) is 0. The van der Waals surface area contributed by atoms with Crippen molar-refractivity contribution in [1.29, 1.82) is 5.26 Å². The standard InChI is InChI=1S/C14H14N2O4/c15-8-3-4-10-19-13(17)7-9-16-11-5-1-2-6-12(11)20-14(16)18/h1-2,5-6H,3-4,7,9-10H2. The number of ether oxygens (including phenoxy) is 1. The number of oxazole rings is 1. The molecule has 0 radical (unpaired) electrons. The van der Waals surface area contributed by atoms with E-state index >= 15 is 0 Å². The molecule has 104 valence electrons. The Kier molecular flexibility index (Phi) is 4.56. The van der Waals surface area contributed by atoms with Crippen molar-refractivity contribution in [1.82, 2.24) is 4.57 Å². The molecule has 0 atom stereocenters. The normalized spacial score (nSPS) is 10.3. The first-order valence-electron chi connectivity index (χ1n) is 6.33. The predicted octanol–water partition coefficient (Wildman–Crippen LogP) is 1.83. The number of carbonyl (C=O) groups excluding carboxylic acids is 1. The van der Waals surface area contributed by atoms with Gasteiger partial charge < -0.3 is 9.15 Å². The molecule has 2 aromatic rings. The molecule has 0 aliphatic rings. The number of aryl methyl sites for hydroxylation is 1. The smallest absolute Gasteiger partial charge is 0.419 e. The molecule has 0 aliphatic heterocycles. The minimum absolute atomic E-state index is 0.0932. The summed E-state index contributed by atoms with van der Waals surface area (Å²) in [6.45, 7) is 0.445. The van der Waals surface area contributed by atoms with Gasteiger partial charge in [0.05, 0.1) is 24.6 Å². The summed E-state index contributed by atoms with van der Waals surface area (Å²) in [6, 6.07) is 9.01. The third-order valence-electron chi connectivity index (χ3n) is 2.81. The molecule has 0 amide bonds. The Balaban J connectivity index is 1.93. The molecule has 6 heteroatoms. The second kappa shape index (κ2) is 6.57. The van der Waals surface area contributed by atoms with E-state index in [1.165, 1.54) is 4.57 Å². The van der Waals surface area contributed by atoms with Crippen LogP contribution in [0.1, 0.15) is 19.3 Å². The number of esters is 1. The van der Waals surface area contributed by atoms with E-state index in [1.54, 1.807) is 24.3 Å². The second-order valence-electron chi connectivity index (χ2n) is 4.22. The lowest BCUT2D eigenvalue weighted by molar-refractivity contribution is -0.143. The van der Waals surface area contributed by atoms with Gasteiger partial charge in [-0.15, -0.1) is 0 Å². The molecule has 0 N–H and O–H groups in total. The van der Waals surface area contributed by atoms with Crippen LogP contribution >= 0.6 is 0 Å². The largest absolute Gasteiger partial charge is 0.466 e. The van der Waals surface area contributed by atoms with E-state index in [0.717, 1.165) is 0 Å². The Morgan fingerprint density at radius 3 is 3.00 bits per heavy atom. The number of fused-ring (bicyclic) bond motifs is 1. The molecule has 1 aromatic carbocycles. The average Bonchev–Trinajstić information content (AvgIpc) is 2.77. The molecule has 20 heavy (non-hydrogen) atoms. The minimum Gasteiger partial charge on any atom is -0.466 e. The highest BCUT2D eigenvalue weighted by Crippen LogP contribution is 2.12. The highest BCUT2D eigenvalue weighted by atomic mass is 16.5. The fourth-order valence-electron chi connectivity index (χ4n) is 1.84. The van der Waals surface area contributed by atoms with Gasteiger partial charge in [0, 0.05) is 13.0 Å². The first-order valence-corrected chi connectivity index (χ1v) is 6.33. The Morgan fingerprint density at radius 2 is 2.20 bits per heavy atom. The number of para-hydroxylation sites is 2. The van der Waals surface area contributed by atoms with Crippen LogP contribution in [0.25, 0.3) is 11.1 Å². The zero-order valence-electron chi connectivity index (χ0n) is 10.9.